The van der Waals surface area contributed by atoms with Crippen molar-refractivity contribution in [3.05, 3.63) is 29.4 Å². The molecule has 0 saturated carbocycles. The van der Waals surface area contributed by atoms with Crippen LogP contribution in [-0.4, -0.2) is 52.8 Å². The van der Waals surface area contributed by atoms with E-state index in [2.05, 4.69) is 15.0 Å². The quantitative estimate of drug-likeness (QED) is 0.925. The van der Waals surface area contributed by atoms with Crippen LogP contribution in [0.4, 0.5) is 5.82 Å². The van der Waals surface area contributed by atoms with E-state index in [1.165, 1.54) is 0 Å². The second kappa shape index (κ2) is 6.43. The van der Waals surface area contributed by atoms with E-state index in [4.69, 9.17) is 21.4 Å². The summed E-state index contributed by atoms with van der Waals surface area (Å²) in [4.78, 5) is 6.84. The smallest absolute Gasteiger partial charge is 0.130 e. The molecule has 1 saturated heterocycles. The Morgan fingerprint density at radius 2 is 2.10 bits per heavy atom. The molecule has 6 nitrogen and oxygen atoms in total. The van der Waals surface area contributed by atoms with Crippen molar-refractivity contribution in [2.45, 2.75) is 6.54 Å². The lowest BCUT2D eigenvalue weighted by Gasteiger charge is -2.28. The molecule has 3 rings (SSSR count). The molecule has 1 fully saturated rings. The monoisotopic (exact) mass is 308 g/mol. The van der Waals surface area contributed by atoms with Gasteiger partial charge in [-0.25, -0.2) is 4.98 Å². The third kappa shape index (κ3) is 3.18. The van der Waals surface area contributed by atoms with Crippen LogP contribution in [0.3, 0.4) is 0 Å². The van der Waals surface area contributed by atoms with Crippen LogP contribution in [0.2, 0.25) is 5.02 Å². The van der Waals surface area contributed by atoms with E-state index in [-0.39, 0.29) is 6.61 Å². The normalized spacial score (nSPS) is 15.4. The van der Waals surface area contributed by atoms with Crippen LogP contribution in [-0.2, 0) is 11.3 Å². The molecule has 0 bridgehead atoms. The number of hydrogen-bond donors (Lipinski definition) is 1. The second-order valence-electron chi connectivity index (χ2n) is 4.79. The van der Waals surface area contributed by atoms with Crippen molar-refractivity contribution in [2.75, 3.05) is 37.8 Å². The van der Waals surface area contributed by atoms with Crippen molar-refractivity contribution in [3.63, 3.8) is 0 Å². The Labute approximate surface area is 127 Å². The van der Waals surface area contributed by atoms with Gasteiger partial charge in [-0.05, 0) is 18.2 Å². The molecule has 2 aromatic rings. The summed E-state index contributed by atoms with van der Waals surface area (Å²) in [6.45, 7) is 3.48. The fourth-order valence-electron chi connectivity index (χ4n) is 2.39. The summed E-state index contributed by atoms with van der Waals surface area (Å²) in [5.74, 6) is 0.845. The SMILES string of the molecule is OCCn1nccc1-c1cc(Cl)cc(N2CCOCC2)n1. The number of halogens is 1. The summed E-state index contributed by atoms with van der Waals surface area (Å²) in [7, 11) is 0. The van der Waals surface area contributed by atoms with Gasteiger partial charge in [0.25, 0.3) is 0 Å². The lowest BCUT2D eigenvalue weighted by atomic mass is 10.2. The minimum absolute atomic E-state index is 0.0333. The minimum Gasteiger partial charge on any atom is -0.394 e. The first-order chi connectivity index (χ1) is 10.3. The van der Waals surface area contributed by atoms with E-state index in [1.807, 2.05) is 18.2 Å². The summed E-state index contributed by atoms with van der Waals surface area (Å²) in [5.41, 5.74) is 1.61. The van der Waals surface area contributed by atoms with Crippen LogP contribution in [0.15, 0.2) is 24.4 Å². The number of nitrogens with zero attached hydrogens (tertiary/aromatic N) is 4. The number of rotatable bonds is 4. The molecule has 3 heterocycles. The topological polar surface area (TPSA) is 63.4 Å². The second-order valence-corrected chi connectivity index (χ2v) is 5.23. The molecule has 1 aliphatic rings. The lowest BCUT2D eigenvalue weighted by Crippen LogP contribution is -2.36. The van der Waals surface area contributed by atoms with Crippen molar-refractivity contribution in [3.8, 4) is 11.4 Å². The van der Waals surface area contributed by atoms with Crippen LogP contribution >= 0.6 is 11.6 Å². The van der Waals surface area contributed by atoms with Crippen LogP contribution in [0.5, 0.6) is 0 Å². The number of morpholine rings is 1. The Morgan fingerprint density at radius 1 is 1.29 bits per heavy atom. The van der Waals surface area contributed by atoms with Crippen LogP contribution in [0.1, 0.15) is 0 Å². The van der Waals surface area contributed by atoms with Crippen molar-refractivity contribution in [1.29, 1.82) is 0 Å². The predicted octanol–water partition coefficient (Wildman–Crippen LogP) is 1.43. The van der Waals surface area contributed by atoms with Gasteiger partial charge in [-0.15, -0.1) is 0 Å². The molecule has 1 N–H and O–H groups in total. The third-order valence-electron chi connectivity index (χ3n) is 3.40. The Bertz CT molecular complexity index is 611. The lowest BCUT2D eigenvalue weighted by molar-refractivity contribution is 0.122. The Morgan fingerprint density at radius 3 is 2.86 bits per heavy atom. The number of aromatic nitrogens is 3. The number of pyridine rings is 1. The molecule has 0 radical (unpaired) electrons. The number of anilines is 1. The number of aliphatic hydroxyl groups excluding tert-OH is 1. The van der Waals surface area contributed by atoms with Crippen molar-refractivity contribution in [1.82, 2.24) is 14.8 Å². The first-order valence-corrected chi connectivity index (χ1v) is 7.29. The molecule has 7 heteroatoms. The molecular formula is C14H17ClN4O2. The van der Waals surface area contributed by atoms with Crippen molar-refractivity contribution < 1.29 is 9.84 Å². The Hall–Kier alpha value is -1.63. The van der Waals surface area contributed by atoms with Crippen LogP contribution in [0.25, 0.3) is 11.4 Å². The van der Waals surface area contributed by atoms with E-state index < -0.39 is 0 Å². The number of hydrogen-bond acceptors (Lipinski definition) is 5. The third-order valence-corrected chi connectivity index (χ3v) is 3.62. The summed E-state index contributed by atoms with van der Waals surface area (Å²) in [6.07, 6.45) is 1.70. The van der Waals surface area contributed by atoms with E-state index >= 15 is 0 Å². The standard InChI is InChI=1S/C14H17ClN4O2/c15-11-9-12(13-1-2-16-19(13)3-6-20)17-14(10-11)18-4-7-21-8-5-18/h1-2,9-10,20H,3-8H2. The summed E-state index contributed by atoms with van der Waals surface area (Å²) in [5, 5.41) is 13.9. The molecule has 112 valence electrons. The molecule has 2 aromatic heterocycles. The van der Waals surface area contributed by atoms with Gasteiger partial charge >= 0.3 is 0 Å². The number of ether oxygens (including phenoxy) is 1. The fraction of sp³-hybridized carbons (Fsp3) is 0.429. The average Bonchev–Trinajstić information content (AvgIpc) is 2.96. The highest BCUT2D eigenvalue weighted by Crippen LogP contribution is 2.26. The maximum atomic E-state index is 9.09. The van der Waals surface area contributed by atoms with Crippen LogP contribution < -0.4 is 4.90 Å². The molecular weight excluding hydrogens is 292 g/mol. The van der Waals surface area contributed by atoms with Gasteiger partial charge in [0.2, 0.25) is 0 Å². The first-order valence-electron chi connectivity index (χ1n) is 6.91. The first kappa shape index (κ1) is 14.3. The molecule has 0 spiro atoms. The van der Waals surface area contributed by atoms with Crippen LogP contribution in [0, 0.1) is 0 Å². The highest BCUT2D eigenvalue weighted by molar-refractivity contribution is 6.31. The van der Waals surface area contributed by atoms with E-state index in [1.54, 1.807) is 10.9 Å². The van der Waals surface area contributed by atoms with Gasteiger partial charge in [0.1, 0.15) is 5.82 Å². The zero-order valence-electron chi connectivity index (χ0n) is 11.6. The Balaban J connectivity index is 1.95. The number of aliphatic hydroxyl groups is 1. The average molecular weight is 309 g/mol. The highest BCUT2D eigenvalue weighted by atomic mass is 35.5. The van der Waals surface area contributed by atoms with Gasteiger partial charge in [0.15, 0.2) is 0 Å². The van der Waals surface area contributed by atoms with Gasteiger partial charge < -0.3 is 14.7 Å². The largest absolute Gasteiger partial charge is 0.394 e. The van der Waals surface area contributed by atoms with E-state index in [0.29, 0.717) is 24.8 Å². The summed E-state index contributed by atoms with van der Waals surface area (Å²) < 4.78 is 7.08. The summed E-state index contributed by atoms with van der Waals surface area (Å²) in [6, 6.07) is 5.55. The van der Waals surface area contributed by atoms with Gasteiger partial charge in [-0.3, -0.25) is 4.68 Å². The van der Waals surface area contributed by atoms with Gasteiger partial charge in [0.05, 0.1) is 37.8 Å². The van der Waals surface area contributed by atoms with Gasteiger partial charge in [-0.1, -0.05) is 11.6 Å². The Kier molecular flexibility index (Phi) is 4.38. The van der Waals surface area contributed by atoms with Crippen molar-refractivity contribution >= 4 is 17.4 Å². The zero-order chi connectivity index (χ0) is 14.7. The van der Waals surface area contributed by atoms with E-state index in [9.17, 15) is 0 Å². The van der Waals surface area contributed by atoms with Gasteiger partial charge in [0, 0.05) is 24.3 Å². The molecule has 1 aliphatic heterocycles. The fourth-order valence-corrected chi connectivity index (χ4v) is 2.59. The van der Waals surface area contributed by atoms with E-state index in [0.717, 1.165) is 30.3 Å². The molecule has 0 aromatic carbocycles. The predicted molar refractivity (Wildman–Crippen MR) is 80.6 cm³/mol. The maximum absolute atomic E-state index is 9.09. The molecule has 0 unspecified atom stereocenters. The molecule has 0 amide bonds. The molecule has 0 aliphatic carbocycles. The minimum atomic E-state index is 0.0333. The highest BCUT2D eigenvalue weighted by Gasteiger charge is 2.15. The molecule has 21 heavy (non-hydrogen) atoms. The zero-order valence-corrected chi connectivity index (χ0v) is 12.3. The van der Waals surface area contributed by atoms with Gasteiger partial charge in [-0.2, -0.15) is 5.10 Å². The molecule has 0 atom stereocenters. The maximum Gasteiger partial charge on any atom is 0.130 e. The van der Waals surface area contributed by atoms with Crippen molar-refractivity contribution in [2.24, 2.45) is 0 Å². The summed E-state index contributed by atoms with van der Waals surface area (Å²) >= 11 is 6.24.